The van der Waals surface area contributed by atoms with E-state index in [0.717, 1.165) is 33.4 Å². The van der Waals surface area contributed by atoms with Crippen molar-refractivity contribution in [1.82, 2.24) is 19.2 Å². The molecule has 0 aliphatic rings. The maximum absolute atomic E-state index is 12.4. The molecule has 126 valence electrons. The van der Waals surface area contributed by atoms with Crippen molar-refractivity contribution in [2.45, 2.75) is 11.6 Å². The minimum absolute atomic E-state index is 0.0666. The number of thioether (sulfide) groups is 1. The number of aromatic nitrogens is 4. The van der Waals surface area contributed by atoms with Crippen LogP contribution in [0.25, 0.3) is 16.7 Å². The highest BCUT2D eigenvalue weighted by molar-refractivity contribution is 7.99. The molecular weight excluding hydrogens is 356 g/mol. The summed E-state index contributed by atoms with van der Waals surface area (Å²) in [5, 5.41) is 10.7. The Morgan fingerprint density at radius 3 is 2.68 bits per heavy atom. The van der Waals surface area contributed by atoms with Crippen molar-refractivity contribution in [1.29, 1.82) is 0 Å². The summed E-state index contributed by atoms with van der Waals surface area (Å²) in [6.45, 7) is 0. The molecular formula is C18H15ClN4OS. The van der Waals surface area contributed by atoms with Gasteiger partial charge in [0.05, 0.1) is 10.9 Å². The second-order valence-corrected chi connectivity index (χ2v) is 7.16. The first-order valence-corrected chi connectivity index (χ1v) is 9.22. The Balaban J connectivity index is 1.71. The number of halogens is 1. The highest BCUT2D eigenvalue weighted by Gasteiger charge is 2.14. The summed E-state index contributed by atoms with van der Waals surface area (Å²) in [5.41, 5.74) is 1.87. The number of rotatable bonds is 4. The zero-order chi connectivity index (χ0) is 17.4. The molecule has 0 saturated heterocycles. The number of aryl methyl sites for hydroxylation is 2. The van der Waals surface area contributed by atoms with Crippen molar-refractivity contribution < 1.29 is 0 Å². The molecule has 5 nitrogen and oxygen atoms in total. The van der Waals surface area contributed by atoms with Gasteiger partial charge in [0, 0.05) is 17.8 Å². The smallest absolute Gasteiger partial charge is 0.262 e. The summed E-state index contributed by atoms with van der Waals surface area (Å²) in [6.07, 6.45) is 0.836. The van der Waals surface area contributed by atoms with Crippen molar-refractivity contribution >= 4 is 40.0 Å². The zero-order valence-electron chi connectivity index (χ0n) is 13.5. The normalized spacial score (nSPS) is 11.4. The Morgan fingerprint density at radius 2 is 1.84 bits per heavy atom. The Bertz CT molecular complexity index is 1140. The second kappa shape index (κ2) is 6.54. The van der Waals surface area contributed by atoms with Crippen molar-refractivity contribution in [3.63, 3.8) is 0 Å². The average Bonchev–Trinajstić information content (AvgIpc) is 3.05. The van der Waals surface area contributed by atoms with Crippen LogP contribution in [-0.2, 0) is 13.5 Å². The van der Waals surface area contributed by atoms with E-state index in [-0.39, 0.29) is 5.56 Å². The third-order valence-corrected chi connectivity index (χ3v) is 5.46. The first-order chi connectivity index (χ1) is 12.2. The van der Waals surface area contributed by atoms with Gasteiger partial charge in [-0.15, -0.1) is 10.2 Å². The number of para-hydroxylation sites is 1. The Hall–Kier alpha value is -2.31. The van der Waals surface area contributed by atoms with Gasteiger partial charge in [0.2, 0.25) is 5.78 Å². The second-order valence-electron chi connectivity index (χ2n) is 5.69. The maximum Gasteiger partial charge on any atom is 0.262 e. The lowest BCUT2D eigenvalue weighted by Crippen LogP contribution is -2.20. The standard InChI is InChI=1S/C18H15ClN4OS/c1-22-16(24)13-7-3-5-9-15(13)23-17(22)20-21-18(23)25-11-10-12-6-2-4-8-14(12)19/h2-9H,10-11H2,1H3. The van der Waals surface area contributed by atoms with Gasteiger partial charge in [-0.1, -0.05) is 53.7 Å². The molecule has 4 aromatic rings. The number of nitrogens with zero attached hydrogens (tertiary/aromatic N) is 4. The lowest BCUT2D eigenvalue weighted by atomic mass is 10.2. The molecule has 25 heavy (non-hydrogen) atoms. The topological polar surface area (TPSA) is 52.2 Å². The van der Waals surface area contributed by atoms with Gasteiger partial charge in [0.25, 0.3) is 5.56 Å². The van der Waals surface area contributed by atoms with Gasteiger partial charge in [-0.2, -0.15) is 0 Å². The molecule has 0 saturated carbocycles. The summed E-state index contributed by atoms with van der Waals surface area (Å²) in [4.78, 5) is 12.4. The maximum atomic E-state index is 12.4. The summed E-state index contributed by atoms with van der Waals surface area (Å²) < 4.78 is 3.47. The molecule has 0 aliphatic heterocycles. The van der Waals surface area contributed by atoms with E-state index in [9.17, 15) is 4.79 Å². The van der Waals surface area contributed by atoms with Crippen LogP contribution in [0.3, 0.4) is 0 Å². The molecule has 2 aromatic heterocycles. The Morgan fingerprint density at radius 1 is 1.08 bits per heavy atom. The van der Waals surface area contributed by atoms with E-state index in [1.165, 1.54) is 4.57 Å². The van der Waals surface area contributed by atoms with Crippen LogP contribution in [0.2, 0.25) is 5.02 Å². The molecule has 0 amide bonds. The highest BCUT2D eigenvalue weighted by Crippen LogP contribution is 2.23. The minimum Gasteiger partial charge on any atom is -0.279 e. The molecule has 2 aromatic carbocycles. The van der Waals surface area contributed by atoms with Gasteiger partial charge >= 0.3 is 0 Å². The zero-order valence-corrected chi connectivity index (χ0v) is 15.1. The molecule has 4 rings (SSSR count). The summed E-state index contributed by atoms with van der Waals surface area (Å²) in [5.74, 6) is 1.37. The van der Waals surface area contributed by atoms with Gasteiger partial charge in [-0.05, 0) is 30.2 Å². The van der Waals surface area contributed by atoms with Crippen LogP contribution in [0.5, 0.6) is 0 Å². The molecule has 0 bridgehead atoms. The average molecular weight is 371 g/mol. The third-order valence-electron chi connectivity index (χ3n) is 4.16. The summed E-state index contributed by atoms with van der Waals surface area (Å²) >= 11 is 7.82. The fraction of sp³-hybridized carbons (Fsp3) is 0.167. The van der Waals surface area contributed by atoms with Crippen LogP contribution < -0.4 is 5.56 Å². The van der Waals surface area contributed by atoms with E-state index in [0.29, 0.717) is 11.2 Å². The summed E-state index contributed by atoms with van der Waals surface area (Å²) in [7, 11) is 1.72. The highest BCUT2D eigenvalue weighted by atomic mass is 35.5. The molecule has 7 heteroatoms. The molecule has 0 unspecified atom stereocenters. The number of fused-ring (bicyclic) bond motifs is 3. The predicted molar refractivity (Wildman–Crippen MR) is 102 cm³/mol. The van der Waals surface area contributed by atoms with Crippen molar-refractivity contribution in [3.05, 3.63) is 69.5 Å². The number of benzene rings is 2. The Kier molecular flexibility index (Phi) is 4.23. The molecule has 2 heterocycles. The van der Waals surface area contributed by atoms with Gasteiger partial charge in [-0.3, -0.25) is 13.8 Å². The minimum atomic E-state index is -0.0666. The van der Waals surface area contributed by atoms with Crippen molar-refractivity contribution in [2.24, 2.45) is 7.05 Å². The monoisotopic (exact) mass is 370 g/mol. The van der Waals surface area contributed by atoms with Gasteiger partial charge in [0.15, 0.2) is 5.16 Å². The van der Waals surface area contributed by atoms with E-state index in [2.05, 4.69) is 10.2 Å². The fourth-order valence-corrected chi connectivity index (χ4v) is 4.00. The van der Waals surface area contributed by atoms with E-state index in [4.69, 9.17) is 11.6 Å². The van der Waals surface area contributed by atoms with Crippen molar-refractivity contribution in [3.8, 4) is 0 Å². The SMILES string of the molecule is Cn1c(=O)c2ccccc2n2c(SCCc3ccccc3Cl)nnc12. The number of hydrogen-bond donors (Lipinski definition) is 0. The van der Waals surface area contributed by atoms with Gasteiger partial charge < -0.3 is 0 Å². The first-order valence-electron chi connectivity index (χ1n) is 7.86. The lowest BCUT2D eigenvalue weighted by molar-refractivity contribution is 0.853. The van der Waals surface area contributed by atoms with E-state index in [1.54, 1.807) is 18.8 Å². The molecule has 0 atom stereocenters. The molecule has 0 fully saturated rings. The van der Waals surface area contributed by atoms with Crippen LogP contribution in [0, 0.1) is 0 Å². The fourth-order valence-electron chi connectivity index (χ4n) is 2.86. The molecule has 0 radical (unpaired) electrons. The van der Waals surface area contributed by atoms with Crippen molar-refractivity contribution in [2.75, 3.05) is 5.75 Å². The third kappa shape index (κ3) is 2.81. The predicted octanol–water partition coefficient (Wildman–Crippen LogP) is 3.57. The van der Waals surface area contributed by atoms with Crippen LogP contribution >= 0.6 is 23.4 Å². The largest absolute Gasteiger partial charge is 0.279 e. The van der Waals surface area contributed by atoms with E-state index in [1.807, 2.05) is 52.9 Å². The quantitative estimate of drug-likeness (QED) is 0.515. The van der Waals surface area contributed by atoms with Gasteiger partial charge in [0.1, 0.15) is 0 Å². The van der Waals surface area contributed by atoms with Gasteiger partial charge in [-0.25, -0.2) is 0 Å². The van der Waals surface area contributed by atoms with Crippen LogP contribution in [-0.4, -0.2) is 24.9 Å². The Labute approximate surface area is 153 Å². The van der Waals surface area contributed by atoms with E-state index < -0.39 is 0 Å². The molecule has 0 spiro atoms. The molecule has 0 N–H and O–H groups in total. The van der Waals surface area contributed by atoms with Crippen LogP contribution in [0.1, 0.15) is 5.56 Å². The van der Waals surface area contributed by atoms with E-state index >= 15 is 0 Å². The van der Waals surface area contributed by atoms with Crippen LogP contribution in [0.15, 0.2) is 58.5 Å². The molecule has 0 aliphatic carbocycles. The number of hydrogen-bond acceptors (Lipinski definition) is 4. The lowest BCUT2D eigenvalue weighted by Gasteiger charge is -2.07. The van der Waals surface area contributed by atoms with Crippen LogP contribution in [0.4, 0.5) is 0 Å². The first kappa shape index (κ1) is 16.2. The summed E-state index contributed by atoms with van der Waals surface area (Å²) in [6, 6.07) is 15.4.